The molecule has 1 aliphatic rings. The largest absolute Gasteiger partial charge is 0.504 e. The molecule has 2 rings (SSSR count). The van der Waals surface area contributed by atoms with Gasteiger partial charge in [-0.2, -0.15) is 5.10 Å². The predicted octanol–water partition coefficient (Wildman–Crippen LogP) is -5.27. The van der Waals surface area contributed by atoms with Gasteiger partial charge in [0.2, 0.25) is 5.91 Å². The average Bonchev–Trinajstić information content (AvgIpc) is 3.27. The number of aromatic nitrogens is 2. The fourth-order valence-electron chi connectivity index (χ4n) is 2.98. The fraction of sp³-hybridized carbons (Fsp3) is 0.562. The molecule has 0 radical (unpaired) electrons. The van der Waals surface area contributed by atoms with E-state index in [4.69, 9.17) is 16.2 Å². The van der Waals surface area contributed by atoms with Crippen LogP contribution in [0.2, 0.25) is 0 Å². The van der Waals surface area contributed by atoms with Gasteiger partial charge in [-0.15, -0.1) is 0 Å². The van der Waals surface area contributed by atoms with E-state index in [1.54, 1.807) is 0 Å². The Morgan fingerprint density at radius 2 is 1.94 bits per heavy atom. The van der Waals surface area contributed by atoms with E-state index in [9.17, 15) is 49.8 Å². The lowest BCUT2D eigenvalue weighted by Gasteiger charge is -2.27. The highest BCUT2D eigenvalue weighted by Crippen LogP contribution is 2.32. The number of aromatic hydroxyl groups is 1. The number of amides is 2. The first-order valence-corrected chi connectivity index (χ1v) is 9.21. The van der Waals surface area contributed by atoms with Crippen LogP contribution in [0.5, 0.6) is 5.75 Å². The van der Waals surface area contributed by atoms with Crippen LogP contribution in [0, 0.1) is 0 Å². The summed E-state index contributed by atoms with van der Waals surface area (Å²) in [5, 5.41) is 64.8. The second-order valence-corrected chi connectivity index (χ2v) is 7.01. The van der Waals surface area contributed by atoms with E-state index in [0.717, 1.165) is 10.9 Å². The van der Waals surface area contributed by atoms with Crippen LogP contribution in [-0.2, 0) is 19.1 Å². The Morgan fingerprint density at radius 1 is 1.30 bits per heavy atom. The van der Waals surface area contributed by atoms with Crippen molar-refractivity contribution in [2.75, 3.05) is 6.61 Å². The molecule has 0 bridgehead atoms. The maximum absolute atomic E-state index is 12.3. The van der Waals surface area contributed by atoms with Crippen molar-refractivity contribution in [1.82, 2.24) is 15.1 Å². The maximum atomic E-state index is 12.3. The number of carbonyl (C=O) groups excluding carboxylic acids is 3. The summed E-state index contributed by atoms with van der Waals surface area (Å²) < 4.78 is 10.4. The molecule has 1 aliphatic heterocycles. The monoisotopic (exact) mass is 477 g/mol. The second-order valence-electron chi connectivity index (χ2n) is 7.01. The van der Waals surface area contributed by atoms with Crippen molar-refractivity contribution in [3.8, 4) is 5.75 Å². The Kier molecular flexibility index (Phi) is 8.25. The molecule has 2 amide bonds. The Labute approximate surface area is 184 Å². The SMILES string of the molecule is NC(=O)OC[C@H](O)[C@@H](O)[C@H](N)C(=O)N[C@H](C(=O)O)[C@H]1O[C@@H](n2cc(O)c(C=O)n2)[C@H](O)[C@@H]1O. The van der Waals surface area contributed by atoms with Gasteiger partial charge in [0.15, 0.2) is 30.0 Å². The summed E-state index contributed by atoms with van der Waals surface area (Å²) in [5.41, 5.74) is 9.82. The topological polar surface area (TPSA) is 290 Å². The van der Waals surface area contributed by atoms with Crippen molar-refractivity contribution in [3.05, 3.63) is 11.9 Å². The molecule has 33 heavy (non-hydrogen) atoms. The molecule has 1 fully saturated rings. The van der Waals surface area contributed by atoms with Crippen LogP contribution in [0.1, 0.15) is 16.7 Å². The minimum Gasteiger partial charge on any atom is -0.504 e. The van der Waals surface area contributed by atoms with Crippen molar-refractivity contribution in [1.29, 1.82) is 0 Å². The zero-order valence-electron chi connectivity index (χ0n) is 16.7. The van der Waals surface area contributed by atoms with Crippen molar-refractivity contribution in [2.45, 2.75) is 48.8 Å². The third-order valence-electron chi connectivity index (χ3n) is 4.74. The van der Waals surface area contributed by atoms with Gasteiger partial charge in [-0.25, -0.2) is 14.3 Å². The minimum absolute atomic E-state index is 0.205. The quantitative estimate of drug-likeness (QED) is 0.142. The number of rotatable bonds is 10. The zero-order chi connectivity index (χ0) is 25.0. The molecule has 1 aromatic heterocycles. The van der Waals surface area contributed by atoms with Gasteiger partial charge in [-0.3, -0.25) is 9.59 Å². The highest BCUT2D eigenvalue weighted by Gasteiger charge is 2.50. The van der Waals surface area contributed by atoms with Crippen molar-refractivity contribution >= 4 is 24.3 Å². The molecule has 1 aromatic rings. The highest BCUT2D eigenvalue weighted by molar-refractivity contribution is 5.87. The number of nitrogens with two attached hydrogens (primary N) is 2. The summed E-state index contributed by atoms with van der Waals surface area (Å²) in [6.07, 6.45) is -11.0. The molecular weight excluding hydrogens is 454 g/mol. The summed E-state index contributed by atoms with van der Waals surface area (Å²) in [6.45, 7) is -0.808. The first-order valence-electron chi connectivity index (χ1n) is 9.21. The fourth-order valence-corrected chi connectivity index (χ4v) is 2.98. The van der Waals surface area contributed by atoms with Crippen LogP contribution < -0.4 is 16.8 Å². The number of carboxylic acids is 1. The van der Waals surface area contributed by atoms with E-state index < -0.39 is 84.9 Å². The number of carbonyl (C=O) groups is 4. The number of aliphatic hydroxyl groups excluding tert-OH is 4. The average molecular weight is 477 g/mol. The number of nitrogens with one attached hydrogen (secondary N) is 1. The number of aldehydes is 1. The molecule has 0 aromatic carbocycles. The Balaban J connectivity index is 2.13. The van der Waals surface area contributed by atoms with Crippen LogP contribution in [0.25, 0.3) is 0 Å². The van der Waals surface area contributed by atoms with Crippen molar-refractivity contribution < 1.29 is 59.3 Å². The number of hydrogen-bond donors (Lipinski definition) is 9. The third kappa shape index (κ3) is 5.72. The smallest absolute Gasteiger partial charge is 0.404 e. The van der Waals surface area contributed by atoms with Crippen LogP contribution >= 0.6 is 0 Å². The van der Waals surface area contributed by atoms with Gasteiger partial charge >= 0.3 is 12.1 Å². The van der Waals surface area contributed by atoms with Gasteiger partial charge in [-0.05, 0) is 0 Å². The number of carboxylic acid groups (broad SMARTS) is 1. The predicted molar refractivity (Wildman–Crippen MR) is 100 cm³/mol. The van der Waals surface area contributed by atoms with E-state index >= 15 is 0 Å². The number of aliphatic carboxylic acids is 1. The Morgan fingerprint density at radius 3 is 2.45 bits per heavy atom. The number of aliphatic hydroxyl groups is 4. The second kappa shape index (κ2) is 10.5. The van der Waals surface area contributed by atoms with Crippen molar-refractivity contribution in [2.24, 2.45) is 11.5 Å². The number of nitrogens with zero attached hydrogens (tertiary/aromatic N) is 2. The van der Waals surface area contributed by atoms with Crippen LogP contribution in [0.15, 0.2) is 6.20 Å². The van der Waals surface area contributed by atoms with Crippen LogP contribution in [0.4, 0.5) is 4.79 Å². The van der Waals surface area contributed by atoms with E-state index in [-0.39, 0.29) is 6.29 Å². The standard InChI is InChI=1S/C16H23N5O12/c17-7(9(25)6(24)3-32-16(18)31)13(28)19-8(15(29)30)12-10(26)11(27)14(33-12)21-1-5(23)4(2-22)20-21/h1-2,6-12,14,23-27H,3,17H2,(H2,18,31)(H,19,28)(H,29,30)/t6-,7-,8-,9+,10-,11+,12+,14+/m0/s1. The first-order chi connectivity index (χ1) is 15.4. The summed E-state index contributed by atoms with van der Waals surface area (Å²) >= 11 is 0. The van der Waals surface area contributed by atoms with Crippen LogP contribution in [-0.4, -0.2) is 114 Å². The number of primary amides is 1. The third-order valence-corrected chi connectivity index (χ3v) is 4.74. The van der Waals surface area contributed by atoms with Crippen LogP contribution in [0.3, 0.4) is 0 Å². The first kappa shape index (κ1) is 25.9. The maximum Gasteiger partial charge on any atom is 0.404 e. The molecule has 17 heteroatoms. The highest BCUT2D eigenvalue weighted by atomic mass is 16.6. The molecule has 17 nitrogen and oxygen atoms in total. The molecule has 0 saturated carbocycles. The van der Waals surface area contributed by atoms with Gasteiger partial charge in [-0.1, -0.05) is 0 Å². The molecule has 0 aliphatic carbocycles. The molecule has 1 saturated heterocycles. The normalized spacial score (nSPS) is 26.1. The lowest BCUT2D eigenvalue weighted by molar-refractivity contribution is -0.150. The summed E-state index contributed by atoms with van der Waals surface area (Å²) in [4.78, 5) is 45.4. The van der Waals surface area contributed by atoms with Gasteiger partial charge in [0.1, 0.15) is 43.2 Å². The van der Waals surface area contributed by atoms with Gasteiger partial charge in [0.25, 0.3) is 0 Å². The Hall–Kier alpha value is -3.35. The van der Waals surface area contributed by atoms with E-state index in [2.05, 4.69) is 9.84 Å². The lowest BCUT2D eigenvalue weighted by atomic mass is 10.0. The van der Waals surface area contributed by atoms with Gasteiger partial charge in [0.05, 0.1) is 6.20 Å². The van der Waals surface area contributed by atoms with E-state index in [1.807, 2.05) is 5.32 Å². The van der Waals surface area contributed by atoms with Gasteiger partial charge in [0, 0.05) is 0 Å². The van der Waals surface area contributed by atoms with E-state index in [1.165, 1.54) is 0 Å². The summed E-state index contributed by atoms with van der Waals surface area (Å²) in [5.74, 6) is -3.60. The van der Waals surface area contributed by atoms with Gasteiger partial charge < -0.3 is 56.9 Å². The summed E-state index contributed by atoms with van der Waals surface area (Å²) in [6, 6.07) is -3.94. The zero-order valence-corrected chi connectivity index (χ0v) is 16.7. The molecule has 8 atom stereocenters. The molecule has 11 N–H and O–H groups in total. The lowest BCUT2D eigenvalue weighted by Crippen LogP contribution is -2.60. The molecular formula is C16H23N5O12. The number of hydrogen-bond acceptors (Lipinski definition) is 13. The molecule has 0 unspecified atom stereocenters. The molecule has 0 spiro atoms. The Bertz CT molecular complexity index is 893. The molecule has 184 valence electrons. The minimum atomic E-state index is -2.01. The number of ether oxygens (including phenoxy) is 2. The van der Waals surface area contributed by atoms with Crippen molar-refractivity contribution in [3.63, 3.8) is 0 Å². The summed E-state index contributed by atoms with van der Waals surface area (Å²) in [7, 11) is 0. The molecule has 2 heterocycles. The van der Waals surface area contributed by atoms with E-state index in [0.29, 0.717) is 0 Å².